The standard InChI is InChI=1S/C19H24N2O5S/c1-13-8-14(2)11-21(10-13)27(23,24)18-6-4-16(5-7-18)19(22)25-12-17-9-15(3)26-20-17/h4-7,9,13-14H,8,10-12H2,1-3H3/t13-,14+. The van der Waals surface area contributed by atoms with Crippen LogP contribution in [0.4, 0.5) is 0 Å². The highest BCUT2D eigenvalue weighted by Gasteiger charge is 2.31. The Bertz CT molecular complexity index is 894. The lowest BCUT2D eigenvalue weighted by Crippen LogP contribution is -2.42. The smallest absolute Gasteiger partial charge is 0.338 e. The number of ether oxygens (including phenoxy) is 1. The van der Waals surface area contributed by atoms with Crippen LogP contribution in [0.5, 0.6) is 0 Å². The Hall–Kier alpha value is -2.19. The van der Waals surface area contributed by atoms with Crippen molar-refractivity contribution < 1.29 is 22.5 Å². The average molecular weight is 392 g/mol. The number of sulfonamides is 1. The summed E-state index contributed by atoms with van der Waals surface area (Å²) in [7, 11) is -3.56. The molecule has 1 aliphatic heterocycles. The van der Waals surface area contributed by atoms with Gasteiger partial charge in [0.1, 0.15) is 18.1 Å². The molecule has 1 aromatic carbocycles. The minimum Gasteiger partial charge on any atom is -0.455 e. The Morgan fingerprint density at radius 3 is 2.41 bits per heavy atom. The zero-order chi connectivity index (χ0) is 19.6. The van der Waals surface area contributed by atoms with Crippen LogP contribution < -0.4 is 0 Å². The summed E-state index contributed by atoms with van der Waals surface area (Å²) in [6.45, 7) is 6.92. The first kappa shape index (κ1) is 19.6. The normalized spacial score (nSPS) is 21.1. The SMILES string of the molecule is Cc1cc(COC(=O)c2ccc(S(=O)(=O)N3C[C@H](C)C[C@H](C)C3)cc2)no1. The van der Waals surface area contributed by atoms with E-state index in [9.17, 15) is 13.2 Å². The molecule has 146 valence electrons. The van der Waals surface area contributed by atoms with E-state index in [1.165, 1.54) is 28.6 Å². The Morgan fingerprint density at radius 1 is 1.22 bits per heavy atom. The number of nitrogens with zero attached hydrogens (tertiary/aromatic N) is 2. The maximum Gasteiger partial charge on any atom is 0.338 e. The molecular formula is C19H24N2O5S. The molecule has 0 unspecified atom stereocenters. The summed E-state index contributed by atoms with van der Waals surface area (Å²) in [6.07, 6.45) is 1.03. The second-order valence-electron chi connectivity index (χ2n) is 7.30. The van der Waals surface area contributed by atoms with Crippen LogP contribution in [-0.4, -0.2) is 36.9 Å². The van der Waals surface area contributed by atoms with Crippen LogP contribution >= 0.6 is 0 Å². The number of carbonyl (C=O) groups is 1. The Balaban J connectivity index is 1.67. The predicted molar refractivity (Wildman–Crippen MR) is 98.5 cm³/mol. The minimum atomic E-state index is -3.56. The van der Waals surface area contributed by atoms with E-state index >= 15 is 0 Å². The van der Waals surface area contributed by atoms with Gasteiger partial charge in [-0.1, -0.05) is 19.0 Å². The summed E-state index contributed by atoms with van der Waals surface area (Å²) < 4.78 is 37.4. The number of aryl methyl sites for hydroxylation is 1. The molecule has 0 bridgehead atoms. The Kier molecular flexibility index (Phi) is 5.67. The molecule has 1 saturated heterocycles. The van der Waals surface area contributed by atoms with Gasteiger partial charge in [-0.2, -0.15) is 4.31 Å². The van der Waals surface area contributed by atoms with Crippen molar-refractivity contribution in [2.45, 2.75) is 38.7 Å². The van der Waals surface area contributed by atoms with Crippen LogP contribution in [0.15, 0.2) is 39.8 Å². The minimum absolute atomic E-state index is 0.000220. The highest BCUT2D eigenvalue weighted by molar-refractivity contribution is 7.89. The lowest BCUT2D eigenvalue weighted by atomic mass is 9.94. The third-order valence-electron chi connectivity index (χ3n) is 4.59. The van der Waals surface area contributed by atoms with Crippen molar-refractivity contribution in [1.82, 2.24) is 9.46 Å². The summed E-state index contributed by atoms with van der Waals surface area (Å²) in [6, 6.07) is 7.54. The fourth-order valence-electron chi connectivity index (χ4n) is 3.42. The van der Waals surface area contributed by atoms with Crippen LogP contribution in [0.25, 0.3) is 0 Å². The number of hydrogen-bond donors (Lipinski definition) is 0. The van der Waals surface area contributed by atoms with Gasteiger partial charge in [0.05, 0.1) is 10.5 Å². The summed E-state index contributed by atoms with van der Waals surface area (Å²) in [5, 5.41) is 3.75. The molecule has 1 aliphatic rings. The monoisotopic (exact) mass is 392 g/mol. The molecular weight excluding hydrogens is 368 g/mol. The van der Waals surface area contributed by atoms with Gasteiger partial charge < -0.3 is 9.26 Å². The molecule has 27 heavy (non-hydrogen) atoms. The molecule has 7 nitrogen and oxygen atoms in total. The van der Waals surface area contributed by atoms with Crippen molar-refractivity contribution in [3.8, 4) is 0 Å². The predicted octanol–water partition coefficient (Wildman–Crippen LogP) is 3.01. The van der Waals surface area contributed by atoms with Gasteiger partial charge in [-0.3, -0.25) is 0 Å². The van der Waals surface area contributed by atoms with Crippen LogP contribution in [-0.2, 0) is 21.4 Å². The molecule has 2 aromatic rings. The Labute approximate surface area is 159 Å². The van der Waals surface area contributed by atoms with E-state index in [0.29, 0.717) is 36.4 Å². The molecule has 3 rings (SSSR count). The second kappa shape index (κ2) is 7.82. The number of esters is 1. The lowest BCUT2D eigenvalue weighted by molar-refractivity contribution is 0.0464. The topological polar surface area (TPSA) is 89.7 Å². The van der Waals surface area contributed by atoms with Crippen molar-refractivity contribution in [3.05, 3.63) is 47.3 Å². The van der Waals surface area contributed by atoms with E-state index in [-0.39, 0.29) is 17.1 Å². The van der Waals surface area contributed by atoms with Crippen molar-refractivity contribution in [3.63, 3.8) is 0 Å². The van der Waals surface area contributed by atoms with E-state index in [1.807, 2.05) is 0 Å². The number of rotatable bonds is 5. The van der Waals surface area contributed by atoms with Gasteiger partial charge in [-0.15, -0.1) is 0 Å². The van der Waals surface area contributed by atoms with Crippen molar-refractivity contribution in [2.24, 2.45) is 11.8 Å². The number of aromatic nitrogens is 1. The number of benzene rings is 1. The molecule has 0 radical (unpaired) electrons. The summed E-state index contributed by atoms with van der Waals surface area (Å²) in [5.74, 6) is 0.757. The van der Waals surface area contributed by atoms with Crippen LogP contribution in [0.1, 0.15) is 42.1 Å². The maximum absolute atomic E-state index is 12.9. The largest absolute Gasteiger partial charge is 0.455 e. The van der Waals surface area contributed by atoms with E-state index in [2.05, 4.69) is 19.0 Å². The van der Waals surface area contributed by atoms with Crippen LogP contribution in [0.2, 0.25) is 0 Å². The zero-order valence-corrected chi connectivity index (χ0v) is 16.5. The van der Waals surface area contributed by atoms with E-state index in [4.69, 9.17) is 9.26 Å². The molecule has 2 atom stereocenters. The van der Waals surface area contributed by atoms with Crippen molar-refractivity contribution in [1.29, 1.82) is 0 Å². The molecule has 2 heterocycles. The molecule has 0 N–H and O–H groups in total. The summed E-state index contributed by atoms with van der Waals surface area (Å²) in [4.78, 5) is 12.3. The molecule has 0 amide bonds. The molecule has 1 aromatic heterocycles. The van der Waals surface area contributed by atoms with Crippen molar-refractivity contribution in [2.75, 3.05) is 13.1 Å². The van der Waals surface area contributed by atoms with Gasteiger partial charge >= 0.3 is 5.97 Å². The first-order chi connectivity index (χ1) is 12.8. The first-order valence-corrected chi connectivity index (χ1v) is 10.4. The van der Waals surface area contributed by atoms with Gasteiger partial charge in [-0.05, 0) is 49.4 Å². The lowest BCUT2D eigenvalue weighted by Gasteiger charge is -2.34. The van der Waals surface area contributed by atoms with Gasteiger partial charge in [0.25, 0.3) is 0 Å². The highest BCUT2D eigenvalue weighted by Crippen LogP contribution is 2.26. The molecule has 0 aliphatic carbocycles. The molecule has 1 fully saturated rings. The second-order valence-corrected chi connectivity index (χ2v) is 9.24. The highest BCUT2D eigenvalue weighted by atomic mass is 32.2. The van der Waals surface area contributed by atoms with Crippen molar-refractivity contribution >= 4 is 16.0 Å². The zero-order valence-electron chi connectivity index (χ0n) is 15.7. The summed E-state index contributed by atoms with van der Waals surface area (Å²) in [5.41, 5.74) is 0.808. The third-order valence-corrected chi connectivity index (χ3v) is 6.44. The molecule has 0 spiro atoms. The quantitative estimate of drug-likeness (QED) is 0.727. The molecule has 0 saturated carbocycles. The fourth-order valence-corrected chi connectivity index (χ4v) is 5.10. The van der Waals surface area contributed by atoms with Gasteiger partial charge in [0, 0.05) is 19.2 Å². The van der Waals surface area contributed by atoms with E-state index in [0.717, 1.165) is 6.42 Å². The van der Waals surface area contributed by atoms with E-state index < -0.39 is 16.0 Å². The van der Waals surface area contributed by atoms with Gasteiger partial charge in [0.15, 0.2) is 0 Å². The first-order valence-electron chi connectivity index (χ1n) is 8.95. The van der Waals surface area contributed by atoms with Crippen LogP contribution in [0, 0.1) is 18.8 Å². The summed E-state index contributed by atoms with van der Waals surface area (Å²) >= 11 is 0. The average Bonchev–Trinajstić information content (AvgIpc) is 3.04. The van der Waals surface area contributed by atoms with E-state index in [1.54, 1.807) is 13.0 Å². The molecule has 8 heteroatoms. The van der Waals surface area contributed by atoms with Crippen LogP contribution in [0.3, 0.4) is 0 Å². The fraction of sp³-hybridized carbons (Fsp3) is 0.474. The number of carbonyl (C=O) groups excluding carboxylic acids is 1. The van der Waals surface area contributed by atoms with Gasteiger partial charge in [-0.25, -0.2) is 13.2 Å². The number of piperidine rings is 1. The third kappa shape index (κ3) is 4.56. The maximum atomic E-state index is 12.9. The van der Waals surface area contributed by atoms with Gasteiger partial charge in [0.2, 0.25) is 10.0 Å². The number of hydrogen-bond acceptors (Lipinski definition) is 6. The Morgan fingerprint density at radius 2 is 1.85 bits per heavy atom.